The van der Waals surface area contributed by atoms with E-state index in [4.69, 9.17) is 9.15 Å². The minimum Gasteiger partial charge on any atom is -0.493 e. The van der Waals surface area contributed by atoms with Crippen LogP contribution in [0.3, 0.4) is 0 Å². The molecule has 0 spiro atoms. The summed E-state index contributed by atoms with van der Waals surface area (Å²) in [7, 11) is 0. The third-order valence-electron chi connectivity index (χ3n) is 5.32. The molecule has 0 amide bonds. The number of aryl methyl sites for hydroxylation is 1. The zero-order valence-corrected chi connectivity index (χ0v) is 15.9. The first-order valence-electron chi connectivity index (χ1n) is 9.66. The Bertz CT molecular complexity index is 888. The van der Waals surface area contributed by atoms with Crippen LogP contribution < -0.4 is 10.1 Å². The molecule has 4 heteroatoms. The second-order valence-corrected chi connectivity index (χ2v) is 7.30. The summed E-state index contributed by atoms with van der Waals surface area (Å²) in [5.41, 5.74) is 3.31. The van der Waals surface area contributed by atoms with Crippen molar-refractivity contribution in [2.75, 3.05) is 19.7 Å². The van der Waals surface area contributed by atoms with Crippen molar-refractivity contribution in [3.63, 3.8) is 0 Å². The highest BCUT2D eigenvalue weighted by Gasteiger charge is 2.24. The maximum absolute atomic E-state index is 6.01. The van der Waals surface area contributed by atoms with Crippen LogP contribution in [-0.4, -0.2) is 24.7 Å². The normalized spacial score (nSPS) is 19.3. The van der Waals surface area contributed by atoms with Crippen LogP contribution in [0.1, 0.15) is 29.9 Å². The predicted octanol–water partition coefficient (Wildman–Crippen LogP) is 4.59. The Morgan fingerprint density at radius 2 is 1.96 bits per heavy atom. The van der Waals surface area contributed by atoms with E-state index in [1.165, 1.54) is 5.56 Å². The molecule has 2 aromatic carbocycles. The number of nitrogens with one attached hydrogen (secondary N) is 1. The van der Waals surface area contributed by atoms with E-state index in [-0.39, 0.29) is 0 Å². The second kappa shape index (κ2) is 7.97. The molecule has 27 heavy (non-hydrogen) atoms. The van der Waals surface area contributed by atoms with Crippen LogP contribution in [0.25, 0.3) is 11.5 Å². The van der Waals surface area contributed by atoms with E-state index < -0.39 is 0 Å². The smallest absolute Gasteiger partial charge is 0.226 e. The average molecular weight is 362 g/mol. The highest BCUT2D eigenvalue weighted by molar-refractivity contribution is 5.53. The Hall–Kier alpha value is -2.59. The SMILES string of the molecule is Cc1oc(-c2ccccc2)nc1CCOc1cccc([C@@H]2CNC[C@H]2C)c1. The van der Waals surface area contributed by atoms with Gasteiger partial charge in [-0.3, -0.25) is 0 Å². The van der Waals surface area contributed by atoms with Crippen LogP contribution in [0.2, 0.25) is 0 Å². The Morgan fingerprint density at radius 3 is 2.74 bits per heavy atom. The van der Waals surface area contributed by atoms with Gasteiger partial charge in [0.05, 0.1) is 12.3 Å². The number of ether oxygens (including phenoxy) is 1. The fourth-order valence-corrected chi connectivity index (χ4v) is 3.72. The van der Waals surface area contributed by atoms with Crippen molar-refractivity contribution in [3.05, 3.63) is 71.6 Å². The molecule has 1 aliphatic rings. The molecule has 2 atom stereocenters. The highest BCUT2D eigenvalue weighted by Crippen LogP contribution is 2.30. The van der Waals surface area contributed by atoms with Gasteiger partial charge in [0.1, 0.15) is 11.5 Å². The van der Waals surface area contributed by atoms with E-state index in [1.807, 2.05) is 43.3 Å². The van der Waals surface area contributed by atoms with E-state index in [2.05, 4.69) is 35.4 Å². The molecule has 0 saturated carbocycles. The van der Waals surface area contributed by atoms with Gasteiger partial charge in [-0.1, -0.05) is 37.3 Å². The lowest BCUT2D eigenvalue weighted by Gasteiger charge is -2.15. The van der Waals surface area contributed by atoms with Gasteiger partial charge >= 0.3 is 0 Å². The monoisotopic (exact) mass is 362 g/mol. The molecule has 1 aromatic heterocycles. The van der Waals surface area contributed by atoms with Crippen molar-refractivity contribution in [2.45, 2.75) is 26.2 Å². The third kappa shape index (κ3) is 4.06. The summed E-state index contributed by atoms with van der Waals surface area (Å²) >= 11 is 0. The molecule has 3 aromatic rings. The quantitative estimate of drug-likeness (QED) is 0.696. The molecule has 4 nitrogen and oxygen atoms in total. The van der Waals surface area contributed by atoms with Crippen molar-refractivity contribution < 1.29 is 9.15 Å². The first-order valence-corrected chi connectivity index (χ1v) is 9.66. The fraction of sp³-hybridized carbons (Fsp3) is 0.348. The van der Waals surface area contributed by atoms with Gasteiger partial charge < -0.3 is 14.5 Å². The number of hydrogen-bond acceptors (Lipinski definition) is 4. The number of rotatable bonds is 6. The van der Waals surface area contributed by atoms with Crippen molar-refractivity contribution >= 4 is 0 Å². The largest absolute Gasteiger partial charge is 0.493 e. The Balaban J connectivity index is 1.38. The molecule has 1 fully saturated rings. The summed E-state index contributed by atoms with van der Waals surface area (Å²) in [4.78, 5) is 4.65. The second-order valence-electron chi connectivity index (χ2n) is 7.30. The van der Waals surface area contributed by atoms with Gasteiger partial charge in [-0.15, -0.1) is 0 Å². The lowest BCUT2D eigenvalue weighted by molar-refractivity contribution is 0.319. The molecule has 1 N–H and O–H groups in total. The molecule has 2 heterocycles. The number of nitrogens with zero attached hydrogens (tertiary/aromatic N) is 1. The van der Waals surface area contributed by atoms with Gasteiger partial charge in [-0.05, 0) is 49.2 Å². The molecule has 0 aliphatic carbocycles. The van der Waals surface area contributed by atoms with Crippen molar-refractivity contribution in [3.8, 4) is 17.2 Å². The standard InChI is InChI=1S/C23H26N2O2/c1-16-14-24-15-21(16)19-9-6-10-20(13-19)26-12-11-22-17(2)27-23(25-22)18-7-4-3-5-8-18/h3-10,13,16,21,24H,11-12,14-15H2,1-2H3/t16-,21-/m1/s1. The van der Waals surface area contributed by atoms with Crippen LogP contribution in [0.4, 0.5) is 0 Å². The average Bonchev–Trinajstić information content (AvgIpc) is 3.29. The number of benzene rings is 2. The van der Waals surface area contributed by atoms with Crippen LogP contribution in [0.5, 0.6) is 5.75 Å². The van der Waals surface area contributed by atoms with Crippen molar-refractivity contribution in [2.24, 2.45) is 5.92 Å². The Labute approximate surface area is 160 Å². The molecule has 1 saturated heterocycles. The van der Waals surface area contributed by atoms with E-state index in [1.54, 1.807) is 0 Å². The van der Waals surface area contributed by atoms with Crippen molar-refractivity contribution in [1.29, 1.82) is 0 Å². The lowest BCUT2D eigenvalue weighted by Crippen LogP contribution is -2.08. The molecule has 0 unspecified atom stereocenters. The van der Waals surface area contributed by atoms with Gasteiger partial charge in [0.25, 0.3) is 0 Å². The number of aromatic nitrogens is 1. The van der Waals surface area contributed by atoms with Gasteiger partial charge in [-0.2, -0.15) is 0 Å². The summed E-state index contributed by atoms with van der Waals surface area (Å²) < 4.78 is 11.8. The summed E-state index contributed by atoms with van der Waals surface area (Å²) in [5.74, 6) is 3.69. The van der Waals surface area contributed by atoms with Gasteiger partial charge in [0.15, 0.2) is 0 Å². The van der Waals surface area contributed by atoms with Gasteiger partial charge in [0, 0.05) is 24.4 Å². The first-order chi connectivity index (χ1) is 13.2. The highest BCUT2D eigenvalue weighted by atomic mass is 16.5. The molecule has 4 rings (SSSR count). The number of oxazole rings is 1. The van der Waals surface area contributed by atoms with E-state index in [9.17, 15) is 0 Å². The molecule has 1 aliphatic heterocycles. The van der Waals surface area contributed by atoms with Crippen LogP contribution in [0.15, 0.2) is 59.0 Å². The molecule has 0 radical (unpaired) electrons. The predicted molar refractivity (Wildman–Crippen MR) is 107 cm³/mol. The maximum Gasteiger partial charge on any atom is 0.226 e. The zero-order valence-electron chi connectivity index (χ0n) is 15.9. The molecular formula is C23H26N2O2. The Morgan fingerprint density at radius 1 is 1.11 bits per heavy atom. The first kappa shape index (κ1) is 17.8. The minimum atomic E-state index is 0.569. The third-order valence-corrected chi connectivity index (χ3v) is 5.32. The summed E-state index contributed by atoms with van der Waals surface area (Å²) in [6.07, 6.45) is 0.730. The van der Waals surface area contributed by atoms with Crippen LogP contribution >= 0.6 is 0 Å². The lowest BCUT2D eigenvalue weighted by atomic mass is 9.90. The fourth-order valence-electron chi connectivity index (χ4n) is 3.72. The van der Waals surface area contributed by atoms with Gasteiger partial charge in [-0.25, -0.2) is 4.98 Å². The summed E-state index contributed by atoms with van der Waals surface area (Å²) in [6.45, 7) is 6.99. The van der Waals surface area contributed by atoms with Crippen LogP contribution in [-0.2, 0) is 6.42 Å². The minimum absolute atomic E-state index is 0.569. The maximum atomic E-state index is 6.01. The van der Waals surface area contributed by atoms with Gasteiger partial charge in [0.2, 0.25) is 5.89 Å². The Kier molecular flexibility index (Phi) is 5.26. The molecule has 140 valence electrons. The summed E-state index contributed by atoms with van der Waals surface area (Å²) in [5, 5.41) is 3.47. The van der Waals surface area contributed by atoms with Crippen LogP contribution in [0, 0.1) is 12.8 Å². The van der Waals surface area contributed by atoms with Crippen molar-refractivity contribution in [1.82, 2.24) is 10.3 Å². The number of hydrogen-bond donors (Lipinski definition) is 1. The zero-order chi connectivity index (χ0) is 18.6. The molecular weight excluding hydrogens is 336 g/mol. The topological polar surface area (TPSA) is 47.3 Å². The van der Waals surface area contributed by atoms with E-state index in [0.717, 1.165) is 42.3 Å². The van der Waals surface area contributed by atoms with E-state index in [0.29, 0.717) is 24.3 Å². The molecule has 0 bridgehead atoms. The summed E-state index contributed by atoms with van der Waals surface area (Å²) in [6, 6.07) is 18.5. The van der Waals surface area contributed by atoms with E-state index >= 15 is 0 Å².